The number of carboxylic acids is 1. The molecule has 17 heavy (non-hydrogen) atoms. The normalized spacial score (nSPS) is 12.7. The average molecular weight is 254 g/mol. The molecule has 0 spiro atoms. The highest BCUT2D eigenvalue weighted by Gasteiger charge is 2.23. The highest BCUT2D eigenvalue weighted by Crippen LogP contribution is 2.14. The molecule has 0 aliphatic heterocycles. The lowest BCUT2D eigenvalue weighted by Crippen LogP contribution is -2.38. The molecule has 0 bridgehead atoms. The van der Waals surface area contributed by atoms with Crippen LogP contribution in [-0.4, -0.2) is 25.5 Å². The molecular formula is C10H10N2O4S. The average Bonchev–Trinajstić information content (AvgIpc) is 2.28. The molecule has 90 valence electrons. The predicted molar refractivity (Wildman–Crippen MR) is 58.6 cm³/mol. The minimum Gasteiger partial charge on any atom is -0.480 e. The molecule has 6 nitrogen and oxygen atoms in total. The van der Waals surface area contributed by atoms with Crippen LogP contribution in [0, 0.1) is 11.3 Å². The van der Waals surface area contributed by atoms with Crippen molar-refractivity contribution in [2.45, 2.75) is 17.9 Å². The van der Waals surface area contributed by atoms with Crippen LogP contribution < -0.4 is 4.72 Å². The van der Waals surface area contributed by atoms with Crippen LogP contribution in [0.2, 0.25) is 0 Å². The Bertz CT molecular complexity index is 574. The first-order valence-corrected chi connectivity index (χ1v) is 6.11. The zero-order chi connectivity index (χ0) is 13.1. The second-order valence-electron chi connectivity index (χ2n) is 3.29. The van der Waals surface area contributed by atoms with E-state index < -0.39 is 22.0 Å². The fraction of sp³-hybridized carbons (Fsp3) is 0.200. The van der Waals surface area contributed by atoms with Crippen molar-refractivity contribution in [3.63, 3.8) is 0 Å². The number of hydrogen-bond donors (Lipinski definition) is 2. The van der Waals surface area contributed by atoms with Gasteiger partial charge in [0.2, 0.25) is 10.0 Å². The van der Waals surface area contributed by atoms with Crippen molar-refractivity contribution in [3.05, 3.63) is 29.8 Å². The number of sulfonamides is 1. The van der Waals surface area contributed by atoms with Gasteiger partial charge in [-0.1, -0.05) is 12.1 Å². The zero-order valence-electron chi connectivity index (χ0n) is 8.91. The number of carboxylic acid groups (broad SMARTS) is 1. The van der Waals surface area contributed by atoms with E-state index in [0.29, 0.717) is 0 Å². The Labute approximate surface area is 98.6 Å². The SMILES string of the molecule is C[C@H](NS(=O)(=O)c1ccccc1C#N)C(=O)O. The van der Waals surface area contributed by atoms with Gasteiger partial charge in [-0.15, -0.1) is 0 Å². The molecule has 1 aromatic rings. The molecule has 0 heterocycles. The highest BCUT2D eigenvalue weighted by molar-refractivity contribution is 7.89. The Balaban J connectivity index is 3.15. The van der Waals surface area contributed by atoms with E-state index in [4.69, 9.17) is 10.4 Å². The Kier molecular flexibility index (Phi) is 3.83. The van der Waals surface area contributed by atoms with Gasteiger partial charge in [0.05, 0.1) is 10.5 Å². The Morgan fingerprint density at radius 1 is 1.47 bits per heavy atom. The molecule has 2 N–H and O–H groups in total. The van der Waals surface area contributed by atoms with Gasteiger partial charge in [-0.05, 0) is 19.1 Å². The Morgan fingerprint density at radius 2 is 2.06 bits per heavy atom. The van der Waals surface area contributed by atoms with Gasteiger partial charge in [0.25, 0.3) is 0 Å². The zero-order valence-corrected chi connectivity index (χ0v) is 9.73. The van der Waals surface area contributed by atoms with E-state index in [1.807, 2.05) is 4.72 Å². The fourth-order valence-corrected chi connectivity index (χ4v) is 2.49. The summed E-state index contributed by atoms with van der Waals surface area (Å²) < 4.78 is 25.6. The third kappa shape index (κ3) is 3.03. The van der Waals surface area contributed by atoms with Gasteiger partial charge in [0.1, 0.15) is 12.1 Å². The van der Waals surface area contributed by atoms with Crippen LogP contribution in [-0.2, 0) is 14.8 Å². The summed E-state index contributed by atoms with van der Waals surface area (Å²) in [7, 11) is -4.00. The summed E-state index contributed by atoms with van der Waals surface area (Å²) in [6.07, 6.45) is 0. The molecule has 7 heteroatoms. The lowest BCUT2D eigenvalue weighted by atomic mass is 10.2. The number of hydrogen-bond acceptors (Lipinski definition) is 4. The van der Waals surface area contributed by atoms with E-state index in [9.17, 15) is 13.2 Å². The van der Waals surface area contributed by atoms with Crippen molar-refractivity contribution in [2.75, 3.05) is 0 Å². The van der Waals surface area contributed by atoms with E-state index in [2.05, 4.69) is 0 Å². The summed E-state index contributed by atoms with van der Waals surface area (Å²) in [5.74, 6) is -1.29. The molecule has 1 atom stereocenters. The number of nitrogens with zero attached hydrogens (tertiary/aromatic N) is 1. The summed E-state index contributed by atoms with van der Waals surface area (Å²) in [5, 5.41) is 17.4. The topological polar surface area (TPSA) is 107 Å². The van der Waals surface area contributed by atoms with E-state index in [-0.39, 0.29) is 10.5 Å². The smallest absolute Gasteiger partial charge is 0.321 e. The maximum Gasteiger partial charge on any atom is 0.321 e. The molecule has 0 amide bonds. The van der Waals surface area contributed by atoms with Crippen molar-refractivity contribution < 1.29 is 18.3 Å². The molecule has 0 aliphatic carbocycles. The minimum atomic E-state index is -4.00. The van der Waals surface area contributed by atoms with Crippen LogP contribution in [0.4, 0.5) is 0 Å². The van der Waals surface area contributed by atoms with Crippen molar-refractivity contribution in [3.8, 4) is 6.07 Å². The van der Waals surface area contributed by atoms with E-state index >= 15 is 0 Å². The molecule has 0 aliphatic rings. The summed E-state index contributed by atoms with van der Waals surface area (Å²) >= 11 is 0. The number of nitriles is 1. The minimum absolute atomic E-state index is 0.0300. The van der Waals surface area contributed by atoms with Crippen molar-refractivity contribution >= 4 is 16.0 Å². The Morgan fingerprint density at radius 3 is 2.59 bits per heavy atom. The number of rotatable bonds is 4. The highest BCUT2D eigenvalue weighted by atomic mass is 32.2. The first-order chi connectivity index (χ1) is 7.88. The van der Waals surface area contributed by atoms with Gasteiger partial charge in [-0.3, -0.25) is 4.79 Å². The number of nitrogens with one attached hydrogen (secondary N) is 1. The van der Waals surface area contributed by atoms with Crippen LogP contribution >= 0.6 is 0 Å². The molecule has 1 aromatic carbocycles. The van der Waals surface area contributed by atoms with Crippen molar-refractivity contribution in [1.29, 1.82) is 5.26 Å². The number of aliphatic carboxylic acids is 1. The van der Waals surface area contributed by atoms with E-state index in [1.54, 1.807) is 6.07 Å². The lowest BCUT2D eigenvalue weighted by molar-refractivity contribution is -0.138. The summed E-state index contributed by atoms with van der Waals surface area (Å²) in [6.45, 7) is 1.20. The maximum absolute atomic E-state index is 11.8. The van der Waals surface area contributed by atoms with Gasteiger partial charge in [0, 0.05) is 0 Å². The summed E-state index contributed by atoms with van der Waals surface area (Å²) in [4.78, 5) is 10.3. The lowest BCUT2D eigenvalue weighted by Gasteiger charge is -2.10. The molecule has 0 fully saturated rings. The third-order valence-corrected chi connectivity index (χ3v) is 3.60. The number of benzene rings is 1. The molecule has 0 saturated carbocycles. The van der Waals surface area contributed by atoms with E-state index in [1.165, 1.54) is 31.2 Å². The Hall–Kier alpha value is -1.91. The third-order valence-electron chi connectivity index (χ3n) is 2.00. The maximum atomic E-state index is 11.8. The van der Waals surface area contributed by atoms with Crippen LogP contribution in [0.3, 0.4) is 0 Å². The quantitative estimate of drug-likeness (QED) is 0.804. The van der Waals surface area contributed by atoms with Gasteiger partial charge in [0.15, 0.2) is 0 Å². The van der Waals surface area contributed by atoms with Crippen LogP contribution in [0.1, 0.15) is 12.5 Å². The molecule has 0 radical (unpaired) electrons. The monoisotopic (exact) mass is 254 g/mol. The van der Waals surface area contributed by atoms with Crippen LogP contribution in [0.5, 0.6) is 0 Å². The first-order valence-electron chi connectivity index (χ1n) is 4.62. The summed E-state index contributed by atoms with van der Waals surface area (Å²) in [6, 6.07) is 6.06. The molecule has 0 aromatic heterocycles. The number of carbonyl (C=O) groups is 1. The van der Waals surface area contributed by atoms with Crippen LogP contribution in [0.25, 0.3) is 0 Å². The second kappa shape index (κ2) is 4.95. The van der Waals surface area contributed by atoms with Crippen molar-refractivity contribution in [2.24, 2.45) is 0 Å². The fourth-order valence-electron chi connectivity index (χ4n) is 1.14. The van der Waals surface area contributed by atoms with Crippen LogP contribution in [0.15, 0.2) is 29.2 Å². The van der Waals surface area contributed by atoms with E-state index in [0.717, 1.165) is 0 Å². The standard InChI is InChI=1S/C10H10N2O4S/c1-7(10(13)14)12-17(15,16)9-5-3-2-4-8(9)6-11/h2-5,7,12H,1H3,(H,13,14)/t7-/m0/s1. The predicted octanol–water partition coefficient (Wildman–Crippen LogP) is 0.310. The second-order valence-corrected chi connectivity index (χ2v) is 4.97. The largest absolute Gasteiger partial charge is 0.480 e. The van der Waals surface area contributed by atoms with Gasteiger partial charge in [-0.25, -0.2) is 8.42 Å². The molecular weight excluding hydrogens is 244 g/mol. The van der Waals surface area contributed by atoms with Crippen molar-refractivity contribution in [1.82, 2.24) is 4.72 Å². The first kappa shape index (κ1) is 13.2. The van der Waals surface area contributed by atoms with Gasteiger partial charge in [-0.2, -0.15) is 9.98 Å². The molecule has 0 saturated heterocycles. The van der Waals surface area contributed by atoms with Gasteiger partial charge >= 0.3 is 5.97 Å². The molecule has 0 unspecified atom stereocenters. The summed E-state index contributed by atoms with van der Waals surface area (Å²) in [5.41, 5.74) is -0.0300. The molecule has 1 rings (SSSR count). The van der Waals surface area contributed by atoms with Gasteiger partial charge < -0.3 is 5.11 Å².